The third-order valence-corrected chi connectivity index (χ3v) is 3.75. The molecule has 1 unspecified atom stereocenters. The highest BCUT2D eigenvalue weighted by Crippen LogP contribution is 2.18. The van der Waals surface area contributed by atoms with Crippen LogP contribution in [0, 0.1) is 0 Å². The second-order valence-electron chi connectivity index (χ2n) is 5.41. The molecule has 1 aromatic rings. The van der Waals surface area contributed by atoms with E-state index in [2.05, 4.69) is 10.6 Å². The first-order chi connectivity index (χ1) is 9.14. The highest BCUT2D eigenvalue weighted by molar-refractivity contribution is 5.86. The molecule has 2 rings (SSSR count). The van der Waals surface area contributed by atoms with Crippen molar-refractivity contribution in [2.45, 2.75) is 37.8 Å². The molecule has 3 N–H and O–H groups in total. The Morgan fingerprint density at radius 2 is 2.21 bits per heavy atom. The molecule has 2 atom stereocenters. The van der Waals surface area contributed by atoms with Crippen LogP contribution >= 0.6 is 0 Å². The van der Waals surface area contributed by atoms with Crippen LogP contribution in [-0.4, -0.2) is 35.7 Å². The van der Waals surface area contributed by atoms with Crippen LogP contribution in [0.3, 0.4) is 0 Å². The Morgan fingerprint density at radius 3 is 2.79 bits per heavy atom. The fraction of sp³-hybridized carbons (Fsp3) is 0.533. The molecule has 0 saturated carbocycles. The first kappa shape index (κ1) is 14.0. The van der Waals surface area contributed by atoms with E-state index in [0.717, 1.165) is 24.9 Å². The van der Waals surface area contributed by atoms with Gasteiger partial charge in [-0.3, -0.25) is 4.79 Å². The largest absolute Gasteiger partial charge is 0.394 e. The smallest absolute Gasteiger partial charge is 0.240 e. The van der Waals surface area contributed by atoms with Crippen molar-refractivity contribution in [2.75, 3.05) is 13.2 Å². The Kier molecular flexibility index (Phi) is 4.56. The van der Waals surface area contributed by atoms with Gasteiger partial charge in [0.2, 0.25) is 5.91 Å². The molecule has 0 bridgehead atoms. The summed E-state index contributed by atoms with van der Waals surface area (Å²) in [6.45, 7) is 2.76. The maximum absolute atomic E-state index is 12.2. The fourth-order valence-corrected chi connectivity index (χ4v) is 2.49. The number of carbonyl (C=O) groups excluding carboxylic acids is 1. The minimum absolute atomic E-state index is 0.0139. The first-order valence-electron chi connectivity index (χ1n) is 6.85. The zero-order valence-electron chi connectivity index (χ0n) is 11.4. The number of aliphatic hydroxyl groups is 1. The average Bonchev–Trinajstić information content (AvgIpc) is 2.87. The minimum atomic E-state index is -0.482. The normalized spacial score (nSPS) is 24.1. The van der Waals surface area contributed by atoms with Crippen LogP contribution in [0.4, 0.5) is 0 Å². The van der Waals surface area contributed by atoms with E-state index in [9.17, 15) is 9.90 Å². The summed E-state index contributed by atoms with van der Waals surface area (Å²) < 4.78 is 0. The van der Waals surface area contributed by atoms with Crippen molar-refractivity contribution in [1.29, 1.82) is 0 Å². The summed E-state index contributed by atoms with van der Waals surface area (Å²) in [5.41, 5.74) is 0.635. The number of rotatable bonds is 5. The van der Waals surface area contributed by atoms with Crippen LogP contribution in [0.25, 0.3) is 0 Å². The molecule has 4 heteroatoms. The van der Waals surface area contributed by atoms with Crippen LogP contribution in [0.1, 0.15) is 25.3 Å². The van der Waals surface area contributed by atoms with Gasteiger partial charge in [-0.15, -0.1) is 0 Å². The van der Waals surface area contributed by atoms with E-state index in [1.807, 2.05) is 37.3 Å². The van der Waals surface area contributed by atoms with Crippen LogP contribution in [0.2, 0.25) is 0 Å². The van der Waals surface area contributed by atoms with E-state index < -0.39 is 5.54 Å². The molecule has 1 fully saturated rings. The zero-order chi connectivity index (χ0) is 13.7. The van der Waals surface area contributed by atoms with Crippen molar-refractivity contribution in [3.8, 4) is 0 Å². The van der Waals surface area contributed by atoms with Gasteiger partial charge in [0.25, 0.3) is 0 Å². The lowest BCUT2D eigenvalue weighted by molar-refractivity contribution is -0.127. The summed E-state index contributed by atoms with van der Waals surface area (Å²) in [5, 5.41) is 15.6. The number of hydrogen-bond acceptors (Lipinski definition) is 3. The second kappa shape index (κ2) is 6.17. The quantitative estimate of drug-likeness (QED) is 0.737. The summed E-state index contributed by atoms with van der Waals surface area (Å²) in [4.78, 5) is 12.2. The molecule has 1 heterocycles. The number of amides is 1. The molecule has 1 aliphatic heterocycles. The van der Waals surface area contributed by atoms with Crippen LogP contribution < -0.4 is 10.6 Å². The van der Waals surface area contributed by atoms with Gasteiger partial charge in [-0.05, 0) is 38.3 Å². The lowest BCUT2D eigenvalue weighted by Gasteiger charge is -2.26. The van der Waals surface area contributed by atoms with Gasteiger partial charge in [-0.25, -0.2) is 0 Å². The average molecular weight is 262 g/mol. The number of carbonyl (C=O) groups is 1. The van der Waals surface area contributed by atoms with Crippen molar-refractivity contribution < 1.29 is 9.90 Å². The Morgan fingerprint density at radius 1 is 1.47 bits per heavy atom. The van der Waals surface area contributed by atoms with E-state index >= 15 is 0 Å². The summed E-state index contributed by atoms with van der Waals surface area (Å²) in [6.07, 6.45) is 2.52. The van der Waals surface area contributed by atoms with E-state index in [0.29, 0.717) is 6.42 Å². The van der Waals surface area contributed by atoms with Gasteiger partial charge in [0, 0.05) is 0 Å². The highest BCUT2D eigenvalue weighted by atomic mass is 16.3. The minimum Gasteiger partial charge on any atom is -0.394 e. The molecule has 4 nitrogen and oxygen atoms in total. The van der Waals surface area contributed by atoms with E-state index in [4.69, 9.17) is 0 Å². The summed E-state index contributed by atoms with van der Waals surface area (Å²) in [6, 6.07) is 9.67. The summed E-state index contributed by atoms with van der Waals surface area (Å²) in [7, 11) is 0. The topological polar surface area (TPSA) is 61.4 Å². The Balaban J connectivity index is 1.94. The van der Waals surface area contributed by atoms with Gasteiger partial charge < -0.3 is 15.7 Å². The Labute approximate surface area is 114 Å². The molecule has 19 heavy (non-hydrogen) atoms. The van der Waals surface area contributed by atoms with Gasteiger partial charge in [0.05, 0.1) is 18.2 Å². The number of aliphatic hydroxyl groups excluding tert-OH is 1. The van der Waals surface area contributed by atoms with Crippen molar-refractivity contribution in [3.05, 3.63) is 35.9 Å². The van der Waals surface area contributed by atoms with Crippen molar-refractivity contribution in [2.24, 2.45) is 0 Å². The number of benzene rings is 1. The van der Waals surface area contributed by atoms with Gasteiger partial charge in [0.1, 0.15) is 0 Å². The summed E-state index contributed by atoms with van der Waals surface area (Å²) >= 11 is 0. The third kappa shape index (κ3) is 3.55. The third-order valence-electron chi connectivity index (χ3n) is 3.75. The first-order valence-corrected chi connectivity index (χ1v) is 6.85. The molecule has 0 aromatic heterocycles. The maximum Gasteiger partial charge on any atom is 0.240 e. The molecular formula is C15H22N2O2. The summed E-state index contributed by atoms with van der Waals surface area (Å²) in [5.74, 6) is -0.0139. The maximum atomic E-state index is 12.2. The van der Waals surface area contributed by atoms with E-state index in [1.54, 1.807) is 0 Å². The Hall–Kier alpha value is -1.39. The molecule has 1 saturated heterocycles. The fourth-order valence-electron chi connectivity index (χ4n) is 2.49. The molecule has 1 aromatic carbocycles. The van der Waals surface area contributed by atoms with Crippen molar-refractivity contribution in [3.63, 3.8) is 0 Å². The van der Waals surface area contributed by atoms with Gasteiger partial charge in [-0.1, -0.05) is 30.3 Å². The SMILES string of the molecule is CC1(C(=O)N[C@H](CO)Cc2ccccc2)CCCN1. The van der Waals surface area contributed by atoms with Crippen LogP contribution in [0.15, 0.2) is 30.3 Å². The molecule has 104 valence electrons. The second-order valence-corrected chi connectivity index (χ2v) is 5.41. The lowest BCUT2D eigenvalue weighted by atomic mass is 9.98. The Bertz CT molecular complexity index is 413. The lowest BCUT2D eigenvalue weighted by Crippen LogP contribution is -2.54. The molecule has 0 aliphatic carbocycles. The highest BCUT2D eigenvalue weighted by Gasteiger charge is 2.36. The molecule has 1 amide bonds. The molecule has 1 aliphatic rings. The van der Waals surface area contributed by atoms with Crippen molar-refractivity contribution in [1.82, 2.24) is 10.6 Å². The number of nitrogens with one attached hydrogen (secondary N) is 2. The van der Waals surface area contributed by atoms with Gasteiger partial charge in [-0.2, -0.15) is 0 Å². The molecular weight excluding hydrogens is 240 g/mol. The monoisotopic (exact) mass is 262 g/mol. The van der Waals surface area contributed by atoms with Gasteiger partial charge >= 0.3 is 0 Å². The van der Waals surface area contributed by atoms with Crippen LogP contribution in [0.5, 0.6) is 0 Å². The van der Waals surface area contributed by atoms with E-state index in [1.165, 1.54) is 0 Å². The molecule has 0 radical (unpaired) electrons. The predicted octanol–water partition coefficient (Wildman–Crippen LogP) is 0.848. The van der Waals surface area contributed by atoms with Gasteiger partial charge in [0.15, 0.2) is 0 Å². The van der Waals surface area contributed by atoms with Crippen LogP contribution in [-0.2, 0) is 11.2 Å². The van der Waals surface area contributed by atoms with Crippen molar-refractivity contribution >= 4 is 5.91 Å². The molecule has 0 spiro atoms. The zero-order valence-corrected chi connectivity index (χ0v) is 11.4. The number of hydrogen-bond donors (Lipinski definition) is 3. The predicted molar refractivity (Wildman–Crippen MR) is 74.8 cm³/mol. The van der Waals surface area contributed by atoms with E-state index in [-0.39, 0.29) is 18.6 Å². The standard InChI is InChI=1S/C15H22N2O2/c1-15(8-5-9-16-15)14(19)17-13(11-18)10-12-6-3-2-4-7-12/h2-4,6-7,13,16,18H,5,8-11H2,1H3,(H,17,19)/t13-,15?/m0/s1.